The summed E-state index contributed by atoms with van der Waals surface area (Å²) in [7, 11) is 0. The number of nitrogens with two attached hydrogens (primary N) is 1. The van der Waals surface area contributed by atoms with E-state index in [2.05, 4.69) is 31.9 Å². The summed E-state index contributed by atoms with van der Waals surface area (Å²) < 4.78 is 30.0. The van der Waals surface area contributed by atoms with Crippen molar-refractivity contribution < 1.29 is 87.9 Å². The molecule has 6 amide bonds. The van der Waals surface area contributed by atoms with Crippen molar-refractivity contribution in [3.63, 3.8) is 0 Å². The number of fused-ring (bicyclic) bond motifs is 14. The van der Waals surface area contributed by atoms with Gasteiger partial charge in [0.25, 0.3) is 0 Å². The number of phenolic OH excluding ortho intramolecular Hbond substituents is 5. The normalized spacial score (nSPS) is 21.1. The number of rotatable bonds is 4. The van der Waals surface area contributed by atoms with Crippen molar-refractivity contribution in [1.29, 1.82) is 10.5 Å². The van der Waals surface area contributed by atoms with Gasteiger partial charge in [-0.25, -0.2) is 4.79 Å². The molecule has 27 nitrogen and oxygen atoms in total. The minimum Gasteiger partial charge on any atom is -0.508 e. The second-order valence-electron chi connectivity index (χ2n) is 21.0. The van der Waals surface area contributed by atoms with Crippen LogP contribution in [0.1, 0.15) is 75.3 Å². The van der Waals surface area contributed by atoms with Crippen LogP contribution in [0.4, 0.5) is 0 Å². The topological polar surface area (TPSA) is 433 Å². The number of ether oxygens (including phenoxy) is 5. The van der Waals surface area contributed by atoms with E-state index < -0.39 is 154 Å². The first-order valence-corrected chi connectivity index (χ1v) is 28.0. The second kappa shape index (κ2) is 24.9. The molecule has 0 aliphatic carbocycles. The molecule has 7 aromatic carbocycles. The first-order chi connectivity index (χ1) is 43.5. The SMILES string of the molecule is N#CCOC(=O)[C@@H]1NC(=O)[C@H]2NC(=O)[C@H](NC(=O)[C@@H]3NC(=O)[C@H]4NC(=O)[C@@H](Cc5ccc(c(Cl)c5)Oc5cc3cc(c5OCC#N)Oc3ccc(cc3Cl)[C@H]2O)NC(=O)[C@H](N)c2ccc(O)c(c2)Oc2cc(O)cc4c2)c2ccc(O)c(c2)-c2c(O)cc(O)cc21. The van der Waals surface area contributed by atoms with Crippen molar-refractivity contribution in [1.82, 2.24) is 31.9 Å². The number of benzene rings is 7. The number of carbonyl (C=O) groups excluding carboxylic acids is 7. The van der Waals surface area contributed by atoms with Crippen molar-refractivity contribution in [3.05, 3.63) is 164 Å². The Morgan fingerprint density at radius 1 is 0.549 bits per heavy atom. The zero-order valence-corrected chi connectivity index (χ0v) is 48.0. The van der Waals surface area contributed by atoms with Crippen molar-refractivity contribution in [3.8, 4) is 92.3 Å². The van der Waals surface area contributed by atoms with Gasteiger partial charge in [0, 0.05) is 35.2 Å². The number of phenols is 5. The number of nitriles is 2. The molecule has 13 rings (SSSR count). The Kier molecular flexibility index (Phi) is 16.8. The average molecular weight is 1280 g/mol. The van der Waals surface area contributed by atoms with Crippen LogP contribution >= 0.6 is 23.2 Å². The highest BCUT2D eigenvalue weighted by molar-refractivity contribution is 6.32. The third kappa shape index (κ3) is 12.4. The van der Waals surface area contributed by atoms with E-state index >= 15 is 14.4 Å². The third-order valence-electron chi connectivity index (χ3n) is 15.0. The average Bonchev–Trinajstić information content (AvgIpc) is 0.818. The van der Waals surface area contributed by atoms with Gasteiger partial charge in [-0.1, -0.05) is 47.5 Å². The Hall–Kier alpha value is -11.5. The molecule has 17 bridgehead atoms. The lowest BCUT2D eigenvalue weighted by atomic mass is 9.89. The van der Waals surface area contributed by atoms with E-state index in [0.29, 0.717) is 5.56 Å². The summed E-state index contributed by atoms with van der Waals surface area (Å²) in [5.41, 5.74) is 4.48. The summed E-state index contributed by atoms with van der Waals surface area (Å²) in [6.07, 6.45) is -2.51. The number of hydrogen-bond acceptors (Lipinski definition) is 21. The highest BCUT2D eigenvalue weighted by Gasteiger charge is 2.42. The van der Waals surface area contributed by atoms with E-state index in [1.165, 1.54) is 60.7 Å². The minimum atomic E-state index is -2.22. The quantitative estimate of drug-likeness (QED) is 0.101. The van der Waals surface area contributed by atoms with Gasteiger partial charge in [0.15, 0.2) is 42.3 Å². The Labute approximate surface area is 523 Å². The molecule has 6 aliphatic rings. The highest BCUT2D eigenvalue weighted by Crippen LogP contribution is 2.49. The predicted octanol–water partition coefficient (Wildman–Crippen LogP) is 5.16. The fraction of sp³-hybridized carbons (Fsp3) is 0.177. The van der Waals surface area contributed by atoms with E-state index in [-0.39, 0.29) is 78.8 Å². The number of amides is 6. The summed E-state index contributed by atoms with van der Waals surface area (Å²) in [5.74, 6) is -13.9. The Morgan fingerprint density at radius 2 is 1.14 bits per heavy atom. The lowest BCUT2D eigenvalue weighted by Gasteiger charge is -2.31. The standard InChI is InChI=1S/C62H47Cl2N9O18/c63-36-13-25-1-7-42(36)90-45-20-30-21-46(55(45)87-11-9-65)91-43-8-4-28(18-37(43)64)54(79)53-61(85)72-52(62(86)88-12-10-66)35-23-32(75)24-41(78)47(35)34-17-27(3-5-39(34)76)49(58(82)73-53)70-60(84)51(30)71-59(83)50-29-15-31(74)22-33(16-29)89-44-19-26(2-6-40(44)77)48(67)57(81)68-38(14-25)56(80)69-50/h1-8,13,15-24,38,48-54,74-79H,11-12,14,67H2,(H,68,81)(H,69,80)(H,70,84)(H,71,83)(H,72,85)(H,73,82)/t38-,48-,49-,50+,51-,52-,53+,54-/m1/s1. The Morgan fingerprint density at radius 3 is 1.82 bits per heavy atom. The number of hydrogen-bond donors (Lipinski definition) is 13. The molecule has 7 aromatic rings. The molecular weight excluding hydrogens is 1230 g/mol. The van der Waals surface area contributed by atoms with Gasteiger partial charge < -0.3 is 92.0 Å². The van der Waals surface area contributed by atoms with E-state index in [0.717, 1.165) is 54.6 Å². The molecule has 0 saturated carbocycles. The van der Waals surface area contributed by atoms with E-state index in [1.54, 1.807) is 6.07 Å². The number of aliphatic hydroxyl groups is 1. The van der Waals surface area contributed by atoms with Crippen LogP contribution in [0.15, 0.2) is 115 Å². The number of halogens is 2. The molecular formula is C62H47Cl2N9O18. The third-order valence-corrected chi connectivity index (χ3v) is 15.6. The Balaban J connectivity index is 1.16. The molecule has 0 fully saturated rings. The first-order valence-electron chi connectivity index (χ1n) is 27.2. The number of nitrogens with zero attached hydrogens (tertiary/aromatic N) is 2. The van der Waals surface area contributed by atoms with Crippen LogP contribution in [0.2, 0.25) is 10.0 Å². The summed E-state index contributed by atoms with van der Waals surface area (Å²) >= 11 is 13.9. The zero-order chi connectivity index (χ0) is 64.7. The molecule has 8 atom stereocenters. The van der Waals surface area contributed by atoms with Crippen molar-refractivity contribution in [2.75, 3.05) is 13.2 Å². The summed E-state index contributed by atoms with van der Waals surface area (Å²) in [6, 6.07) is 11.9. The van der Waals surface area contributed by atoms with Gasteiger partial charge in [0.1, 0.15) is 94.7 Å². The van der Waals surface area contributed by atoms with Gasteiger partial charge in [-0.15, -0.1) is 0 Å². The smallest absolute Gasteiger partial charge is 0.334 e. The van der Waals surface area contributed by atoms with E-state index in [4.69, 9.17) is 52.6 Å². The molecule has 0 spiro atoms. The van der Waals surface area contributed by atoms with Crippen molar-refractivity contribution in [2.45, 2.75) is 54.8 Å². The molecule has 6 heterocycles. The molecule has 14 N–H and O–H groups in total. The Bertz CT molecular complexity index is 4330. The van der Waals surface area contributed by atoms with Crippen LogP contribution in [-0.4, -0.2) is 97.3 Å². The van der Waals surface area contributed by atoms with E-state index in [1.807, 2.05) is 6.07 Å². The maximum atomic E-state index is 15.9. The van der Waals surface area contributed by atoms with Crippen LogP contribution in [0.3, 0.4) is 0 Å². The maximum absolute atomic E-state index is 15.9. The first kappa shape index (κ1) is 61.2. The van der Waals surface area contributed by atoms with Crippen LogP contribution in [-0.2, 0) is 44.7 Å². The van der Waals surface area contributed by atoms with E-state index in [9.17, 15) is 60.3 Å². The van der Waals surface area contributed by atoms with Gasteiger partial charge in [0.05, 0.1) is 10.0 Å². The van der Waals surface area contributed by atoms with Crippen LogP contribution in [0.25, 0.3) is 11.1 Å². The van der Waals surface area contributed by atoms with Crippen molar-refractivity contribution in [2.24, 2.45) is 5.73 Å². The fourth-order valence-electron chi connectivity index (χ4n) is 10.6. The lowest BCUT2D eigenvalue weighted by molar-refractivity contribution is -0.147. The second-order valence-corrected chi connectivity index (χ2v) is 21.8. The zero-order valence-electron chi connectivity index (χ0n) is 46.5. The predicted molar refractivity (Wildman–Crippen MR) is 313 cm³/mol. The number of nitrogens with one attached hydrogen (secondary N) is 6. The molecule has 91 heavy (non-hydrogen) atoms. The minimum absolute atomic E-state index is 0.112. The van der Waals surface area contributed by atoms with Gasteiger partial charge >= 0.3 is 5.97 Å². The lowest BCUT2D eigenvalue weighted by Crippen LogP contribution is -2.55. The maximum Gasteiger partial charge on any atom is 0.334 e. The molecule has 462 valence electrons. The number of aliphatic hydroxyl groups excluding tert-OH is 1. The molecule has 0 radical (unpaired) electrons. The summed E-state index contributed by atoms with van der Waals surface area (Å²) in [4.78, 5) is 105. The van der Waals surface area contributed by atoms with Crippen LogP contribution in [0.5, 0.6) is 69.0 Å². The number of carbonyl (C=O) groups is 7. The van der Waals surface area contributed by atoms with Gasteiger partial charge in [-0.2, -0.15) is 10.5 Å². The number of esters is 1. The highest BCUT2D eigenvalue weighted by atomic mass is 35.5. The van der Waals surface area contributed by atoms with Crippen LogP contribution < -0.4 is 56.6 Å². The number of aromatic hydroxyl groups is 5. The molecule has 6 aliphatic heterocycles. The largest absolute Gasteiger partial charge is 0.508 e. The molecule has 0 saturated heterocycles. The monoisotopic (exact) mass is 1280 g/mol. The summed E-state index contributed by atoms with van der Waals surface area (Å²) in [5, 5.41) is 103. The van der Waals surface area contributed by atoms with Crippen molar-refractivity contribution >= 4 is 64.6 Å². The van der Waals surface area contributed by atoms with Gasteiger partial charge in [-0.3, -0.25) is 28.8 Å². The van der Waals surface area contributed by atoms with Gasteiger partial charge in [-0.05, 0) is 112 Å². The van der Waals surface area contributed by atoms with Crippen LogP contribution in [0, 0.1) is 22.7 Å². The fourth-order valence-corrected chi connectivity index (χ4v) is 11.1. The summed E-state index contributed by atoms with van der Waals surface area (Å²) in [6.45, 7) is -1.57. The van der Waals surface area contributed by atoms with Gasteiger partial charge in [0.2, 0.25) is 41.2 Å². The molecule has 0 unspecified atom stereocenters. The molecule has 29 heteroatoms. The molecule has 0 aromatic heterocycles.